The van der Waals surface area contributed by atoms with Gasteiger partial charge in [-0.1, -0.05) is 18.2 Å². The van der Waals surface area contributed by atoms with Crippen molar-refractivity contribution in [2.45, 2.75) is 6.42 Å². The molecule has 0 saturated heterocycles. The molecule has 0 saturated carbocycles. The fraction of sp³-hybridized carbons (Fsp3) is 0.200. The van der Waals surface area contributed by atoms with Crippen molar-refractivity contribution in [2.24, 2.45) is 0 Å². The molecular formula is C10H11NO3. The Morgan fingerprint density at radius 2 is 1.86 bits per heavy atom. The fourth-order valence-electron chi connectivity index (χ4n) is 0.962. The van der Waals surface area contributed by atoms with Crippen LogP contribution in [0.15, 0.2) is 30.3 Å². The van der Waals surface area contributed by atoms with E-state index in [0.29, 0.717) is 5.69 Å². The van der Waals surface area contributed by atoms with E-state index in [1.165, 1.54) is 0 Å². The van der Waals surface area contributed by atoms with Crippen LogP contribution in [0.2, 0.25) is 0 Å². The van der Waals surface area contributed by atoms with Crippen molar-refractivity contribution in [3.8, 4) is 0 Å². The molecule has 1 aromatic carbocycles. The highest BCUT2D eigenvalue weighted by Crippen LogP contribution is 2.05. The number of amides is 1. The quantitative estimate of drug-likeness (QED) is 0.687. The smallest absolute Gasteiger partial charge is 0.231 e. The summed E-state index contributed by atoms with van der Waals surface area (Å²) < 4.78 is 0. The maximum atomic E-state index is 11.1. The standard InChI is InChI=1S/C10H11NO3/c12-7-9(13)6-10(14)11-8-4-2-1-3-5-8/h1-5,12H,6-7H2,(H,11,14). The van der Waals surface area contributed by atoms with Crippen LogP contribution in [0, 0.1) is 0 Å². The van der Waals surface area contributed by atoms with Crippen LogP contribution >= 0.6 is 0 Å². The largest absolute Gasteiger partial charge is 0.389 e. The average Bonchev–Trinajstić information content (AvgIpc) is 2.19. The van der Waals surface area contributed by atoms with Gasteiger partial charge in [0.2, 0.25) is 5.91 Å². The number of aliphatic hydroxyl groups is 1. The first kappa shape index (κ1) is 10.4. The van der Waals surface area contributed by atoms with Crippen LogP contribution in [0.3, 0.4) is 0 Å². The van der Waals surface area contributed by atoms with Gasteiger partial charge in [-0.3, -0.25) is 9.59 Å². The van der Waals surface area contributed by atoms with Gasteiger partial charge < -0.3 is 10.4 Å². The molecule has 0 bridgehead atoms. The Morgan fingerprint density at radius 3 is 2.43 bits per heavy atom. The molecule has 0 aliphatic rings. The topological polar surface area (TPSA) is 66.4 Å². The van der Waals surface area contributed by atoms with Crippen molar-refractivity contribution in [3.05, 3.63) is 30.3 Å². The molecular weight excluding hydrogens is 182 g/mol. The van der Waals surface area contributed by atoms with E-state index in [4.69, 9.17) is 5.11 Å². The maximum absolute atomic E-state index is 11.1. The Labute approximate surface area is 81.6 Å². The van der Waals surface area contributed by atoms with Gasteiger partial charge in [-0.15, -0.1) is 0 Å². The number of hydrogen-bond donors (Lipinski definition) is 2. The van der Waals surface area contributed by atoms with E-state index in [2.05, 4.69) is 5.32 Å². The van der Waals surface area contributed by atoms with Crippen molar-refractivity contribution >= 4 is 17.4 Å². The molecule has 1 rings (SSSR count). The molecule has 2 N–H and O–H groups in total. The Balaban J connectivity index is 2.46. The summed E-state index contributed by atoms with van der Waals surface area (Å²) in [6, 6.07) is 8.84. The first-order valence-electron chi connectivity index (χ1n) is 4.20. The van der Waals surface area contributed by atoms with Gasteiger partial charge in [-0.2, -0.15) is 0 Å². The third-order valence-electron chi connectivity index (χ3n) is 1.59. The number of hydrogen-bond acceptors (Lipinski definition) is 3. The molecule has 0 atom stereocenters. The molecule has 14 heavy (non-hydrogen) atoms. The Kier molecular flexibility index (Phi) is 3.82. The molecule has 1 amide bonds. The van der Waals surface area contributed by atoms with E-state index < -0.39 is 18.3 Å². The minimum atomic E-state index is -0.595. The summed E-state index contributed by atoms with van der Waals surface area (Å²) in [4.78, 5) is 21.8. The number of rotatable bonds is 4. The normalized spacial score (nSPS) is 9.50. The minimum absolute atomic E-state index is 0.286. The van der Waals surface area contributed by atoms with Crippen LogP contribution in [-0.4, -0.2) is 23.4 Å². The number of anilines is 1. The van der Waals surface area contributed by atoms with E-state index in [9.17, 15) is 9.59 Å². The molecule has 1 aromatic rings. The summed E-state index contributed by atoms with van der Waals surface area (Å²) in [5.41, 5.74) is 0.642. The lowest BCUT2D eigenvalue weighted by Gasteiger charge is -2.02. The monoisotopic (exact) mass is 193 g/mol. The highest BCUT2D eigenvalue weighted by Gasteiger charge is 2.07. The second-order valence-electron chi connectivity index (χ2n) is 2.79. The summed E-state index contributed by atoms with van der Waals surface area (Å²) in [5.74, 6) is -0.895. The van der Waals surface area contributed by atoms with E-state index in [1.54, 1.807) is 24.3 Å². The van der Waals surface area contributed by atoms with Gasteiger partial charge in [0.15, 0.2) is 5.78 Å². The zero-order valence-electron chi connectivity index (χ0n) is 7.56. The van der Waals surface area contributed by atoms with E-state index in [0.717, 1.165) is 0 Å². The molecule has 0 spiro atoms. The van der Waals surface area contributed by atoms with Gasteiger partial charge in [0.25, 0.3) is 0 Å². The van der Waals surface area contributed by atoms with Crippen molar-refractivity contribution in [1.29, 1.82) is 0 Å². The second kappa shape index (κ2) is 5.14. The van der Waals surface area contributed by atoms with Crippen LogP contribution in [0.25, 0.3) is 0 Å². The molecule has 74 valence electrons. The Bertz CT molecular complexity index is 321. The van der Waals surface area contributed by atoms with Gasteiger partial charge in [0.05, 0.1) is 6.42 Å². The second-order valence-corrected chi connectivity index (χ2v) is 2.79. The van der Waals surface area contributed by atoms with Crippen molar-refractivity contribution < 1.29 is 14.7 Å². The number of carbonyl (C=O) groups is 2. The van der Waals surface area contributed by atoms with E-state index in [-0.39, 0.29) is 6.42 Å². The molecule has 0 aliphatic carbocycles. The predicted octanol–water partition coefficient (Wildman–Crippen LogP) is 0.577. The summed E-state index contributed by atoms with van der Waals surface area (Å²) in [7, 11) is 0. The number of carbonyl (C=O) groups excluding carboxylic acids is 2. The predicted molar refractivity (Wildman–Crippen MR) is 51.8 cm³/mol. The van der Waals surface area contributed by atoms with Gasteiger partial charge in [-0.05, 0) is 12.1 Å². The molecule has 0 radical (unpaired) electrons. The fourth-order valence-corrected chi connectivity index (χ4v) is 0.962. The number of Topliss-reactive ketones (excluding diaryl/α,β-unsaturated/α-hetero) is 1. The molecule has 0 fully saturated rings. The molecule has 0 heterocycles. The summed E-state index contributed by atoms with van der Waals surface area (Å²) in [6.07, 6.45) is -0.286. The number of para-hydroxylation sites is 1. The van der Waals surface area contributed by atoms with Crippen LogP contribution in [0.5, 0.6) is 0 Å². The average molecular weight is 193 g/mol. The SMILES string of the molecule is O=C(CO)CC(=O)Nc1ccccc1. The number of aliphatic hydroxyl groups excluding tert-OH is 1. The number of nitrogens with one attached hydrogen (secondary N) is 1. The third-order valence-corrected chi connectivity index (χ3v) is 1.59. The molecule has 0 aromatic heterocycles. The first-order valence-corrected chi connectivity index (χ1v) is 4.20. The van der Waals surface area contributed by atoms with Gasteiger partial charge in [0, 0.05) is 5.69 Å². The number of ketones is 1. The van der Waals surface area contributed by atoms with Crippen LogP contribution in [0.1, 0.15) is 6.42 Å². The molecule has 4 heteroatoms. The Hall–Kier alpha value is -1.68. The van der Waals surface area contributed by atoms with Gasteiger partial charge in [-0.25, -0.2) is 0 Å². The zero-order valence-corrected chi connectivity index (χ0v) is 7.56. The highest BCUT2D eigenvalue weighted by molar-refractivity contribution is 6.04. The molecule has 4 nitrogen and oxygen atoms in total. The lowest BCUT2D eigenvalue weighted by molar-refractivity contribution is -0.127. The zero-order chi connectivity index (χ0) is 10.4. The van der Waals surface area contributed by atoms with E-state index >= 15 is 0 Å². The van der Waals surface area contributed by atoms with Crippen molar-refractivity contribution in [2.75, 3.05) is 11.9 Å². The van der Waals surface area contributed by atoms with Crippen molar-refractivity contribution in [1.82, 2.24) is 0 Å². The summed E-state index contributed by atoms with van der Waals surface area (Å²) in [5, 5.41) is 11.0. The van der Waals surface area contributed by atoms with Crippen molar-refractivity contribution in [3.63, 3.8) is 0 Å². The summed E-state index contributed by atoms with van der Waals surface area (Å²) >= 11 is 0. The Morgan fingerprint density at radius 1 is 1.21 bits per heavy atom. The maximum Gasteiger partial charge on any atom is 0.231 e. The van der Waals surface area contributed by atoms with Crippen LogP contribution in [0.4, 0.5) is 5.69 Å². The lowest BCUT2D eigenvalue weighted by atomic mass is 10.2. The van der Waals surface area contributed by atoms with Gasteiger partial charge in [0.1, 0.15) is 6.61 Å². The van der Waals surface area contributed by atoms with Crippen LogP contribution in [-0.2, 0) is 9.59 Å². The number of benzene rings is 1. The lowest BCUT2D eigenvalue weighted by Crippen LogP contribution is -2.18. The minimum Gasteiger partial charge on any atom is -0.389 e. The third kappa shape index (κ3) is 3.37. The molecule has 0 unspecified atom stereocenters. The highest BCUT2D eigenvalue weighted by atomic mass is 16.3. The summed E-state index contributed by atoms with van der Waals surface area (Å²) in [6.45, 7) is -0.595. The van der Waals surface area contributed by atoms with Gasteiger partial charge >= 0.3 is 0 Å². The molecule has 0 aliphatic heterocycles. The van der Waals surface area contributed by atoms with E-state index in [1.807, 2.05) is 6.07 Å². The van der Waals surface area contributed by atoms with Crippen LogP contribution < -0.4 is 5.32 Å². The first-order chi connectivity index (χ1) is 6.72.